The highest BCUT2D eigenvalue weighted by atomic mass is 35.5. The first-order chi connectivity index (χ1) is 14.1. The Bertz CT molecular complexity index is 1150. The number of nitrogens with zero attached hydrogens (tertiary/aromatic N) is 1. The number of aromatic nitrogens is 1. The maximum absolute atomic E-state index is 12.4. The molecule has 4 rings (SSSR count). The van der Waals surface area contributed by atoms with Crippen molar-refractivity contribution in [3.63, 3.8) is 0 Å². The van der Waals surface area contributed by atoms with Gasteiger partial charge >= 0.3 is 0 Å². The highest BCUT2D eigenvalue weighted by molar-refractivity contribution is 7.14. The number of carbonyl (C=O) groups is 1. The van der Waals surface area contributed by atoms with Gasteiger partial charge in [-0.05, 0) is 61.0 Å². The summed E-state index contributed by atoms with van der Waals surface area (Å²) >= 11 is 7.42. The summed E-state index contributed by atoms with van der Waals surface area (Å²) in [5.74, 6) is -0.182. The Kier molecular flexibility index (Phi) is 5.60. The molecule has 0 saturated carbocycles. The topological polar surface area (TPSA) is 54.0 Å². The number of rotatable bonds is 5. The molecule has 4 nitrogen and oxygen atoms in total. The second kappa shape index (κ2) is 8.47. The van der Waals surface area contributed by atoms with Gasteiger partial charge < -0.3 is 10.6 Å². The van der Waals surface area contributed by atoms with Gasteiger partial charge in [0, 0.05) is 32.9 Å². The first-order valence-electron chi connectivity index (χ1n) is 9.03. The van der Waals surface area contributed by atoms with Crippen molar-refractivity contribution in [2.24, 2.45) is 0 Å². The van der Waals surface area contributed by atoms with Gasteiger partial charge in [0.05, 0.1) is 5.69 Å². The van der Waals surface area contributed by atoms with E-state index in [0.717, 1.165) is 22.1 Å². The van der Waals surface area contributed by atoms with Gasteiger partial charge in [-0.1, -0.05) is 35.9 Å². The molecule has 0 atom stereocenters. The minimum Gasteiger partial charge on any atom is -0.332 e. The number of carbonyl (C=O) groups excluding carboxylic acids is 1. The third kappa shape index (κ3) is 4.83. The van der Waals surface area contributed by atoms with Crippen LogP contribution in [0.5, 0.6) is 0 Å². The number of anilines is 3. The first-order valence-corrected chi connectivity index (χ1v) is 10.3. The quantitative estimate of drug-likeness (QED) is 0.375. The molecule has 144 valence electrons. The van der Waals surface area contributed by atoms with E-state index in [1.54, 1.807) is 35.6 Å². The molecule has 2 N–H and O–H groups in total. The van der Waals surface area contributed by atoms with Crippen LogP contribution in [0.4, 0.5) is 16.5 Å². The molecule has 0 aliphatic heterocycles. The Hall–Kier alpha value is -3.15. The molecule has 0 bridgehead atoms. The zero-order chi connectivity index (χ0) is 20.2. The molecule has 6 heteroatoms. The number of amides is 1. The largest absolute Gasteiger partial charge is 0.332 e. The fraction of sp³-hybridized carbons (Fsp3) is 0.0435. The van der Waals surface area contributed by atoms with Crippen molar-refractivity contribution >= 4 is 45.4 Å². The molecule has 0 unspecified atom stereocenters. The fourth-order valence-corrected chi connectivity index (χ4v) is 3.74. The van der Waals surface area contributed by atoms with E-state index in [1.807, 2.05) is 41.8 Å². The Morgan fingerprint density at radius 3 is 2.52 bits per heavy atom. The van der Waals surface area contributed by atoms with E-state index < -0.39 is 0 Å². The number of hydrogen-bond donors (Lipinski definition) is 2. The van der Waals surface area contributed by atoms with Crippen LogP contribution in [0.3, 0.4) is 0 Å². The molecule has 1 amide bonds. The van der Waals surface area contributed by atoms with Crippen molar-refractivity contribution < 1.29 is 4.79 Å². The molecule has 0 aliphatic rings. The van der Waals surface area contributed by atoms with Gasteiger partial charge in [0.1, 0.15) is 0 Å². The molecule has 3 aromatic carbocycles. The van der Waals surface area contributed by atoms with E-state index in [-0.39, 0.29) is 5.91 Å². The van der Waals surface area contributed by atoms with Gasteiger partial charge in [0.15, 0.2) is 5.13 Å². The van der Waals surface area contributed by atoms with Crippen LogP contribution in [0, 0.1) is 6.92 Å². The van der Waals surface area contributed by atoms with Crippen LogP contribution in [0.25, 0.3) is 11.3 Å². The second-order valence-electron chi connectivity index (χ2n) is 6.57. The van der Waals surface area contributed by atoms with Gasteiger partial charge in [0.2, 0.25) is 0 Å². The zero-order valence-corrected chi connectivity index (χ0v) is 17.2. The van der Waals surface area contributed by atoms with Crippen LogP contribution in [0.15, 0.2) is 78.2 Å². The Balaban J connectivity index is 1.49. The average molecular weight is 420 g/mol. The van der Waals surface area contributed by atoms with E-state index in [1.165, 1.54) is 5.56 Å². The van der Waals surface area contributed by atoms with Crippen LogP contribution < -0.4 is 10.6 Å². The van der Waals surface area contributed by atoms with Crippen LogP contribution in [-0.4, -0.2) is 10.9 Å². The van der Waals surface area contributed by atoms with Gasteiger partial charge in [-0.2, -0.15) is 0 Å². The Labute approximate surface area is 178 Å². The summed E-state index contributed by atoms with van der Waals surface area (Å²) in [6.45, 7) is 2.06. The van der Waals surface area contributed by atoms with Crippen molar-refractivity contribution in [2.45, 2.75) is 6.92 Å². The van der Waals surface area contributed by atoms with E-state index in [0.29, 0.717) is 16.3 Å². The molecular formula is C23H18ClN3OS. The van der Waals surface area contributed by atoms with Crippen molar-refractivity contribution in [3.05, 3.63) is 94.3 Å². The zero-order valence-electron chi connectivity index (χ0n) is 15.6. The van der Waals surface area contributed by atoms with Gasteiger partial charge in [0.25, 0.3) is 5.91 Å². The summed E-state index contributed by atoms with van der Waals surface area (Å²) in [4.78, 5) is 17.1. The second-order valence-corrected chi connectivity index (χ2v) is 7.87. The van der Waals surface area contributed by atoms with E-state index in [9.17, 15) is 4.79 Å². The van der Waals surface area contributed by atoms with Crippen molar-refractivity contribution in [1.29, 1.82) is 0 Å². The van der Waals surface area contributed by atoms with E-state index in [4.69, 9.17) is 11.6 Å². The lowest BCUT2D eigenvalue weighted by Crippen LogP contribution is -2.11. The molecule has 0 saturated heterocycles. The number of hydrogen-bond acceptors (Lipinski definition) is 4. The molecule has 4 aromatic rings. The SMILES string of the molecule is Cc1cccc(Nc2nc(-c3cccc(NC(=O)c4ccc(Cl)cc4)c3)cs2)c1. The first kappa shape index (κ1) is 19.2. The van der Waals surface area contributed by atoms with Crippen LogP contribution >= 0.6 is 22.9 Å². The fourth-order valence-electron chi connectivity index (χ4n) is 2.87. The van der Waals surface area contributed by atoms with Gasteiger partial charge in [-0.3, -0.25) is 4.79 Å². The third-order valence-corrected chi connectivity index (χ3v) is 5.31. The number of nitrogens with one attached hydrogen (secondary N) is 2. The normalized spacial score (nSPS) is 10.6. The summed E-state index contributed by atoms with van der Waals surface area (Å²) in [6.07, 6.45) is 0. The predicted molar refractivity (Wildman–Crippen MR) is 121 cm³/mol. The molecule has 0 spiro atoms. The molecule has 0 radical (unpaired) electrons. The summed E-state index contributed by atoms with van der Waals surface area (Å²) in [5, 5.41) is 9.67. The average Bonchev–Trinajstić information content (AvgIpc) is 3.17. The number of halogens is 1. The maximum atomic E-state index is 12.4. The summed E-state index contributed by atoms with van der Waals surface area (Å²) in [7, 11) is 0. The van der Waals surface area contributed by atoms with Crippen LogP contribution in [0.2, 0.25) is 5.02 Å². The summed E-state index contributed by atoms with van der Waals surface area (Å²) in [5.41, 5.74) is 5.26. The minimum absolute atomic E-state index is 0.182. The van der Waals surface area contributed by atoms with E-state index >= 15 is 0 Å². The monoisotopic (exact) mass is 419 g/mol. The van der Waals surface area contributed by atoms with Crippen molar-refractivity contribution in [1.82, 2.24) is 4.98 Å². The van der Waals surface area contributed by atoms with Crippen molar-refractivity contribution in [2.75, 3.05) is 10.6 Å². The lowest BCUT2D eigenvalue weighted by molar-refractivity contribution is 0.102. The lowest BCUT2D eigenvalue weighted by Gasteiger charge is -2.07. The lowest BCUT2D eigenvalue weighted by atomic mass is 10.1. The summed E-state index contributed by atoms with van der Waals surface area (Å²) in [6, 6.07) is 22.6. The minimum atomic E-state index is -0.182. The van der Waals surface area contributed by atoms with E-state index in [2.05, 4.69) is 34.7 Å². The van der Waals surface area contributed by atoms with Crippen LogP contribution in [-0.2, 0) is 0 Å². The number of aryl methyl sites for hydroxylation is 1. The molecule has 1 heterocycles. The smallest absolute Gasteiger partial charge is 0.255 e. The summed E-state index contributed by atoms with van der Waals surface area (Å²) < 4.78 is 0. The standard InChI is InChI=1S/C23H18ClN3OS/c1-15-4-2-6-19(12-15)26-23-27-21(14-29-23)17-5-3-7-20(13-17)25-22(28)16-8-10-18(24)11-9-16/h2-14H,1H3,(H,25,28)(H,26,27). The Morgan fingerprint density at radius 1 is 0.966 bits per heavy atom. The maximum Gasteiger partial charge on any atom is 0.255 e. The number of thiazole rings is 1. The number of benzene rings is 3. The molecule has 0 aliphatic carbocycles. The molecule has 0 fully saturated rings. The van der Waals surface area contributed by atoms with Crippen molar-refractivity contribution in [3.8, 4) is 11.3 Å². The highest BCUT2D eigenvalue weighted by Crippen LogP contribution is 2.29. The van der Waals surface area contributed by atoms with Crippen LogP contribution in [0.1, 0.15) is 15.9 Å². The van der Waals surface area contributed by atoms with Gasteiger partial charge in [-0.25, -0.2) is 4.98 Å². The molecule has 1 aromatic heterocycles. The molecule has 29 heavy (non-hydrogen) atoms. The highest BCUT2D eigenvalue weighted by Gasteiger charge is 2.09. The third-order valence-electron chi connectivity index (χ3n) is 4.30. The predicted octanol–water partition coefficient (Wildman–Crippen LogP) is 6.77. The molecular weight excluding hydrogens is 402 g/mol. The van der Waals surface area contributed by atoms with Gasteiger partial charge in [-0.15, -0.1) is 11.3 Å². The Morgan fingerprint density at radius 2 is 1.72 bits per heavy atom.